The van der Waals surface area contributed by atoms with Gasteiger partial charge in [0.15, 0.2) is 0 Å². The molecule has 5 rings (SSSR count). The van der Waals surface area contributed by atoms with Gasteiger partial charge in [-0.05, 0) is 34.9 Å². The lowest BCUT2D eigenvalue weighted by Crippen LogP contribution is -2.50. The SMILES string of the molecule is O=C(Cc1ccccc1Nc1c(Cl)cccc1Cl)N1CCN(C(c2ccccc2)c2ccccc2)CC1. The van der Waals surface area contributed by atoms with Crippen molar-refractivity contribution in [2.24, 2.45) is 0 Å². The fourth-order valence-corrected chi connectivity index (χ4v) is 5.43. The van der Waals surface area contributed by atoms with E-state index >= 15 is 0 Å². The van der Waals surface area contributed by atoms with Gasteiger partial charge in [0.2, 0.25) is 5.91 Å². The van der Waals surface area contributed by atoms with Crippen molar-refractivity contribution in [2.75, 3.05) is 31.5 Å². The Bertz CT molecular complexity index is 1280. The van der Waals surface area contributed by atoms with Crippen molar-refractivity contribution in [3.63, 3.8) is 0 Å². The van der Waals surface area contributed by atoms with Crippen LogP contribution in [0.2, 0.25) is 10.0 Å². The molecule has 188 valence electrons. The smallest absolute Gasteiger partial charge is 0.227 e. The van der Waals surface area contributed by atoms with Crippen molar-refractivity contribution in [1.82, 2.24) is 9.80 Å². The normalized spacial score (nSPS) is 14.1. The summed E-state index contributed by atoms with van der Waals surface area (Å²) in [4.78, 5) is 17.8. The van der Waals surface area contributed by atoms with Crippen molar-refractivity contribution in [3.8, 4) is 0 Å². The topological polar surface area (TPSA) is 35.6 Å². The van der Waals surface area contributed by atoms with Gasteiger partial charge >= 0.3 is 0 Å². The third-order valence-corrected chi connectivity index (χ3v) is 7.47. The van der Waals surface area contributed by atoms with Crippen molar-refractivity contribution < 1.29 is 4.79 Å². The lowest BCUT2D eigenvalue weighted by Gasteiger charge is -2.40. The Morgan fingerprint density at radius 3 is 1.84 bits per heavy atom. The van der Waals surface area contributed by atoms with Crippen LogP contribution in [0.15, 0.2) is 103 Å². The fourth-order valence-electron chi connectivity index (χ4n) is 4.94. The Labute approximate surface area is 228 Å². The Hall–Kier alpha value is -3.31. The number of halogens is 2. The van der Waals surface area contributed by atoms with Crippen LogP contribution in [-0.4, -0.2) is 41.9 Å². The van der Waals surface area contributed by atoms with Gasteiger partial charge in [0.1, 0.15) is 0 Å². The lowest BCUT2D eigenvalue weighted by atomic mass is 9.96. The van der Waals surface area contributed by atoms with E-state index in [0.717, 1.165) is 24.3 Å². The predicted octanol–water partition coefficient (Wildman–Crippen LogP) is 7.21. The number of benzene rings is 4. The molecule has 1 saturated heterocycles. The van der Waals surface area contributed by atoms with E-state index in [9.17, 15) is 4.79 Å². The molecule has 1 aliphatic heterocycles. The minimum Gasteiger partial charge on any atom is -0.353 e. The van der Waals surface area contributed by atoms with Gasteiger partial charge in [-0.25, -0.2) is 0 Å². The molecule has 6 heteroatoms. The van der Waals surface area contributed by atoms with Crippen LogP contribution >= 0.6 is 23.2 Å². The highest BCUT2D eigenvalue weighted by Gasteiger charge is 2.28. The van der Waals surface area contributed by atoms with E-state index < -0.39 is 0 Å². The zero-order valence-electron chi connectivity index (χ0n) is 20.5. The molecule has 37 heavy (non-hydrogen) atoms. The molecule has 4 nitrogen and oxygen atoms in total. The van der Waals surface area contributed by atoms with Gasteiger partial charge < -0.3 is 10.2 Å². The van der Waals surface area contributed by atoms with Gasteiger partial charge in [-0.2, -0.15) is 0 Å². The van der Waals surface area contributed by atoms with Gasteiger partial charge in [-0.15, -0.1) is 0 Å². The first-order valence-electron chi connectivity index (χ1n) is 12.5. The number of hydrogen-bond donors (Lipinski definition) is 1. The van der Waals surface area contributed by atoms with Crippen molar-refractivity contribution >= 4 is 40.5 Å². The van der Waals surface area contributed by atoms with Gasteiger partial charge in [0.25, 0.3) is 0 Å². The van der Waals surface area contributed by atoms with E-state index in [1.54, 1.807) is 12.1 Å². The van der Waals surface area contributed by atoms with E-state index in [2.05, 4.69) is 70.9 Å². The first-order valence-corrected chi connectivity index (χ1v) is 13.3. The number of piperazine rings is 1. The summed E-state index contributed by atoms with van der Waals surface area (Å²) in [6, 6.07) is 34.6. The first kappa shape index (κ1) is 25.3. The summed E-state index contributed by atoms with van der Waals surface area (Å²) in [6.45, 7) is 3.02. The number of rotatable bonds is 7. The zero-order chi connectivity index (χ0) is 25.6. The number of anilines is 2. The van der Waals surface area contributed by atoms with Gasteiger partial charge in [-0.1, -0.05) is 108 Å². The molecule has 0 aliphatic carbocycles. The lowest BCUT2D eigenvalue weighted by molar-refractivity contribution is -0.132. The second-order valence-corrected chi connectivity index (χ2v) is 10.0. The summed E-state index contributed by atoms with van der Waals surface area (Å²) in [7, 11) is 0. The highest BCUT2D eigenvalue weighted by Crippen LogP contribution is 2.34. The minimum absolute atomic E-state index is 0.120. The third kappa shape index (κ3) is 5.99. The van der Waals surface area contributed by atoms with Crippen molar-refractivity contribution in [3.05, 3.63) is 130 Å². The Balaban J connectivity index is 1.27. The Morgan fingerprint density at radius 2 is 1.24 bits per heavy atom. The average molecular weight is 530 g/mol. The van der Waals surface area contributed by atoms with Crippen LogP contribution in [0.3, 0.4) is 0 Å². The molecule has 0 spiro atoms. The third-order valence-electron chi connectivity index (χ3n) is 6.84. The van der Waals surface area contributed by atoms with Crippen molar-refractivity contribution in [2.45, 2.75) is 12.5 Å². The minimum atomic E-state index is 0.120. The predicted molar refractivity (Wildman–Crippen MR) is 153 cm³/mol. The van der Waals surface area contributed by atoms with E-state index in [0.29, 0.717) is 35.2 Å². The Morgan fingerprint density at radius 1 is 0.703 bits per heavy atom. The maximum atomic E-state index is 13.4. The molecule has 0 saturated carbocycles. The largest absolute Gasteiger partial charge is 0.353 e. The molecule has 1 aliphatic rings. The van der Waals surface area contributed by atoms with Gasteiger partial charge in [0.05, 0.1) is 28.2 Å². The summed E-state index contributed by atoms with van der Waals surface area (Å²) >= 11 is 12.7. The monoisotopic (exact) mass is 529 g/mol. The molecular formula is C31H29Cl2N3O. The Kier molecular flexibility index (Phi) is 8.10. The van der Waals surface area contributed by atoms with Crippen LogP contribution in [0.4, 0.5) is 11.4 Å². The van der Waals surface area contributed by atoms with E-state index in [4.69, 9.17) is 23.2 Å². The molecule has 1 N–H and O–H groups in total. The second-order valence-electron chi connectivity index (χ2n) is 9.20. The molecular weight excluding hydrogens is 501 g/mol. The number of amides is 1. The molecule has 0 atom stereocenters. The molecule has 0 aromatic heterocycles. The number of carbonyl (C=O) groups is 1. The summed E-state index contributed by atoms with van der Waals surface area (Å²) in [6.07, 6.45) is 0.312. The molecule has 4 aromatic carbocycles. The van der Waals surface area contributed by atoms with Gasteiger partial charge in [0, 0.05) is 31.9 Å². The number of carbonyl (C=O) groups excluding carboxylic acids is 1. The first-order chi connectivity index (χ1) is 18.1. The van der Waals surface area contributed by atoms with Gasteiger partial charge in [-0.3, -0.25) is 9.69 Å². The average Bonchev–Trinajstić information content (AvgIpc) is 2.93. The van der Waals surface area contributed by atoms with Crippen LogP contribution < -0.4 is 5.32 Å². The summed E-state index contributed by atoms with van der Waals surface area (Å²) in [5, 5.41) is 4.41. The molecule has 4 aromatic rings. The van der Waals surface area contributed by atoms with Crippen LogP contribution in [-0.2, 0) is 11.2 Å². The summed E-state index contributed by atoms with van der Waals surface area (Å²) in [5.74, 6) is 0.120. The molecule has 0 unspecified atom stereocenters. The number of nitrogens with zero attached hydrogens (tertiary/aromatic N) is 2. The standard InChI is InChI=1S/C31H29Cl2N3O/c32-26-15-9-16-27(33)30(26)34-28-17-8-7-14-25(28)22-29(37)35-18-20-36(21-19-35)31(23-10-3-1-4-11-23)24-12-5-2-6-13-24/h1-17,31,34H,18-22H2. The summed E-state index contributed by atoms with van der Waals surface area (Å²) < 4.78 is 0. The number of para-hydroxylation sites is 2. The quantitative estimate of drug-likeness (QED) is 0.274. The molecule has 0 bridgehead atoms. The number of hydrogen-bond acceptors (Lipinski definition) is 3. The maximum absolute atomic E-state index is 13.4. The zero-order valence-corrected chi connectivity index (χ0v) is 22.0. The van der Waals surface area contributed by atoms with Crippen LogP contribution in [0, 0.1) is 0 Å². The molecule has 0 radical (unpaired) electrons. The van der Waals surface area contributed by atoms with Crippen LogP contribution in [0.5, 0.6) is 0 Å². The molecule has 1 amide bonds. The van der Waals surface area contributed by atoms with Crippen LogP contribution in [0.1, 0.15) is 22.7 Å². The maximum Gasteiger partial charge on any atom is 0.227 e. The highest BCUT2D eigenvalue weighted by atomic mass is 35.5. The highest BCUT2D eigenvalue weighted by molar-refractivity contribution is 6.39. The van der Waals surface area contributed by atoms with Crippen molar-refractivity contribution in [1.29, 1.82) is 0 Å². The van der Waals surface area contributed by atoms with E-state index in [1.807, 2.05) is 35.2 Å². The molecule has 1 fully saturated rings. The second kappa shape index (κ2) is 11.8. The fraction of sp³-hybridized carbons (Fsp3) is 0.194. The molecule has 1 heterocycles. The van der Waals surface area contributed by atoms with E-state index in [1.165, 1.54) is 11.1 Å². The summed E-state index contributed by atoms with van der Waals surface area (Å²) in [5.41, 5.74) is 4.93. The number of nitrogens with one attached hydrogen (secondary N) is 1. The van der Waals surface area contributed by atoms with Crippen LogP contribution in [0.25, 0.3) is 0 Å². The van der Waals surface area contributed by atoms with E-state index in [-0.39, 0.29) is 11.9 Å².